The largest absolute Gasteiger partial charge is 0.454 e. The summed E-state index contributed by atoms with van der Waals surface area (Å²) < 4.78 is 5.75. The van der Waals surface area contributed by atoms with Gasteiger partial charge in [0.1, 0.15) is 17.2 Å². The maximum Gasteiger partial charge on any atom is 0.217 e. The highest BCUT2D eigenvalue weighted by atomic mass is 35.5. The fraction of sp³-hybridized carbons (Fsp3) is 0.350. The molecular formula is C20H23ClN2O3. The molecule has 0 unspecified atom stereocenters. The number of aryl methyl sites for hydroxylation is 1. The normalized spacial score (nSPS) is 11.7. The Morgan fingerprint density at radius 1 is 1.27 bits per heavy atom. The number of halogens is 1. The van der Waals surface area contributed by atoms with Gasteiger partial charge in [0.05, 0.1) is 11.2 Å². The minimum absolute atomic E-state index is 0.139. The molecule has 1 aromatic heterocycles. The van der Waals surface area contributed by atoms with Crippen LogP contribution in [0.15, 0.2) is 36.5 Å². The molecule has 138 valence electrons. The van der Waals surface area contributed by atoms with E-state index >= 15 is 0 Å². The van der Waals surface area contributed by atoms with E-state index in [1.54, 1.807) is 19.1 Å². The van der Waals surface area contributed by atoms with Gasteiger partial charge in [0.25, 0.3) is 0 Å². The molecule has 1 aromatic carbocycles. The summed E-state index contributed by atoms with van der Waals surface area (Å²) in [6.45, 7) is 5.32. The average Bonchev–Trinajstić information content (AvgIpc) is 2.57. The molecule has 5 nitrogen and oxygen atoms in total. The van der Waals surface area contributed by atoms with Gasteiger partial charge in [-0.15, -0.1) is 0 Å². The van der Waals surface area contributed by atoms with E-state index in [1.165, 1.54) is 13.1 Å². The number of pyridine rings is 1. The number of nitrogens with zero attached hydrogens (tertiary/aromatic N) is 1. The summed E-state index contributed by atoms with van der Waals surface area (Å²) in [6.07, 6.45) is 3.70. The molecule has 0 fully saturated rings. The molecule has 0 aliphatic heterocycles. The fourth-order valence-electron chi connectivity index (χ4n) is 2.58. The van der Waals surface area contributed by atoms with E-state index in [4.69, 9.17) is 16.3 Å². The second-order valence-electron chi connectivity index (χ2n) is 6.22. The third-order valence-corrected chi connectivity index (χ3v) is 4.02. The fourth-order valence-corrected chi connectivity index (χ4v) is 2.83. The molecule has 0 radical (unpaired) electrons. The van der Waals surface area contributed by atoms with Crippen LogP contribution in [-0.4, -0.2) is 22.7 Å². The van der Waals surface area contributed by atoms with Crippen LogP contribution in [0.2, 0.25) is 5.02 Å². The summed E-state index contributed by atoms with van der Waals surface area (Å²) in [4.78, 5) is 27.3. The lowest BCUT2D eigenvalue weighted by Gasteiger charge is -2.11. The van der Waals surface area contributed by atoms with E-state index in [0.29, 0.717) is 22.2 Å². The van der Waals surface area contributed by atoms with Crippen LogP contribution in [0.4, 0.5) is 0 Å². The molecule has 1 atom stereocenters. The quantitative estimate of drug-likeness (QED) is 0.687. The number of hydrogen-bond donors (Lipinski definition) is 1. The Morgan fingerprint density at radius 2 is 2.04 bits per heavy atom. The number of rotatable bonds is 8. The first kappa shape index (κ1) is 19.9. The molecule has 26 heavy (non-hydrogen) atoms. The Balaban J connectivity index is 2.01. The van der Waals surface area contributed by atoms with Crippen LogP contribution in [0, 0.1) is 0 Å². The van der Waals surface area contributed by atoms with E-state index in [-0.39, 0.29) is 24.2 Å². The van der Waals surface area contributed by atoms with Crippen molar-refractivity contribution < 1.29 is 14.3 Å². The highest BCUT2D eigenvalue weighted by Gasteiger charge is 2.13. The van der Waals surface area contributed by atoms with Gasteiger partial charge in [0.15, 0.2) is 5.78 Å². The minimum Gasteiger partial charge on any atom is -0.454 e. The molecule has 0 saturated carbocycles. The maximum atomic E-state index is 12.2. The first-order valence-electron chi connectivity index (χ1n) is 8.61. The summed E-state index contributed by atoms with van der Waals surface area (Å²) >= 11 is 6.26. The van der Waals surface area contributed by atoms with E-state index in [0.717, 1.165) is 18.4 Å². The molecule has 0 aliphatic rings. The molecule has 1 amide bonds. The molecular weight excluding hydrogens is 352 g/mol. The zero-order valence-electron chi connectivity index (χ0n) is 15.2. The molecule has 6 heteroatoms. The SMILES string of the molecule is CCCc1ccc(Oc2ccc(C(=O)C[C@H](C)NC(C)=O)nc2)c(Cl)c1. The van der Waals surface area contributed by atoms with Gasteiger partial charge >= 0.3 is 0 Å². The number of aromatic nitrogens is 1. The van der Waals surface area contributed by atoms with Crippen molar-refractivity contribution in [1.82, 2.24) is 10.3 Å². The first-order chi connectivity index (χ1) is 12.4. The van der Waals surface area contributed by atoms with E-state index in [9.17, 15) is 9.59 Å². The second-order valence-corrected chi connectivity index (χ2v) is 6.63. The van der Waals surface area contributed by atoms with E-state index < -0.39 is 0 Å². The van der Waals surface area contributed by atoms with Crippen LogP contribution in [0.3, 0.4) is 0 Å². The van der Waals surface area contributed by atoms with Crippen molar-refractivity contribution in [3.8, 4) is 11.5 Å². The van der Waals surface area contributed by atoms with Crippen molar-refractivity contribution in [1.29, 1.82) is 0 Å². The number of amides is 1. The average molecular weight is 375 g/mol. The monoisotopic (exact) mass is 374 g/mol. The smallest absolute Gasteiger partial charge is 0.217 e. The standard InChI is InChI=1S/C20H23ClN2O3/c1-4-5-15-6-9-20(17(21)11-15)26-16-7-8-18(22-12-16)19(25)10-13(2)23-14(3)24/h6-9,11-13H,4-5,10H2,1-3H3,(H,23,24)/t13-/m0/s1. The maximum absolute atomic E-state index is 12.2. The molecule has 2 aromatic rings. The molecule has 0 aliphatic carbocycles. The second kappa shape index (κ2) is 9.34. The van der Waals surface area contributed by atoms with Crippen molar-refractivity contribution in [2.24, 2.45) is 0 Å². The summed E-state index contributed by atoms with van der Waals surface area (Å²) in [5, 5.41) is 3.22. The molecule has 1 N–H and O–H groups in total. The van der Waals surface area contributed by atoms with Crippen LogP contribution in [0.25, 0.3) is 0 Å². The lowest BCUT2D eigenvalue weighted by molar-refractivity contribution is -0.119. The number of benzene rings is 1. The Morgan fingerprint density at radius 3 is 2.62 bits per heavy atom. The number of Topliss-reactive ketones (excluding diaryl/α,β-unsaturated/α-hetero) is 1. The first-order valence-corrected chi connectivity index (χ1v) is 8.99. The Labute approximate surface area is 158 Å². The molecule has 1 heterocycles. The number of ketones is 1. The summed E-state index contributed by atoms with van der Waals surface area (Å²) in [7, 11) is 0. The van der Waals surface area contributed by atoms with Gasteiger partial charge in [0, 0.05) is 19.4 Å². The third-order valence-electron chi connectivity index (χ3n) is 3.73. The Kier molecular flexibility index (Phi) is 7.16. The van der Waals surface area contributed by atoms with E-state index in [2.05, 4.69) is 17.2 Å². The summed E-state index contributed by atoms with van der Waals surface area (Å²) in [5.41, 5.74) is 1.50. The van der Waals surface area contributed by atoms with Crippen molar-refractivity contribution in [2.75, 3.05) is 0 Å². The van der Waals surface area contributed by atoms with Gasteiger partial charge in [-0.1, -0.05) is 31.0 Å². The molecule has 2 rings (SSSR count). The van der Waals surface area contributed by atoms with Crippen molar-refractivity contribution in [3.05, 3.63) is 52.8 Å². The predicted octanol–water partition coefficient (Wildman–Crippen LogP) is 4.58. The number of hydrogen-bond acceptors (Lipinski definition) is 4. The van der Waals surface area contributed by atoms with Crippen molar-refractivity contribution in [3.63, 3.8) is 0 Å². The van der Waals surface area contributed by atoms with Gasteiger partial charge in [0.2, 0.25) is 5.91 Å². The third kappa shape index (κ3) is 5.85. The number of carbonyl (C=O) groups is 2. The summed E-state index contributed by atoms with van der Waals surface area (Å²) in [5.74, 6) is 0.747. The highest BCUT2D eigenvalue weighted by Crippen LogP contribution is 2.30. The predicted molar refractivity (Wildman–Crippen MR) is 102 cm³/mol. The molecule has 0 bridgehead atoms. The lowest BCUT2D eigenvalue weighted by Crippen LogP contribution is -2.32. The highest BCUT2D eigenvalue weighted by molar-refractivity contribution is 6.32. The Hall–Kier alpha value is -2.40. The summed E-state index contributed by atoms with van der Waals surface area (Å²) in [6, 6.07) is 8.77. The number of nitrogens with one attached hydrogen (secondary N) is 1. The molecule has 0 saturated heterocycles. The van der Waals surface area contributed by atoms with Crippen LogP contribution in [0.1, 0.15) is 49.7 Å². The van der Waals surface area contributed by atoms with Gasteiger partial charge in [-0.25, -0.2) is 4.98 Å². The zero-order chi connectivity index (χ0) is 19.1. The van der Waals surface area contributed by atoms with Crippen LogP contribution >= 0.6 is 11.6 Å². The van der Waals surface area contributed by atoms with Crippen molar-refractivity contribution >= 4 is 23.3 Å². The van der Waals surface area contributed by atoms with Gasteiger partial charge < -0.3 is 10.1 Å². The van der Waals surface area contributed by atoms with Crippen LogP contribution in [0.5, 0.6) is 11.5 Å². The Bertz CT molecular complexity index is 775. The molecule has 0 spiro atoms. The topological polar surface area (TPSA) is 68.3 Å². The van der Waals surface area contributed by atoms with E-state index in [1.807, 2.05) is 18.2 Å². The van der Waals surface area contributed by atoms with Crippen LogP contribution < -0.4 is 10.1 Å². The lowest BCUT2D eigenvalue weighted by atomic mass is 10.1. The van der Waals surface area contributed by atoms with Gasteiger partial charge in [-0.05, 0) is 43.2 Å². The van der Waals surface area contributed by atoms with Crippen LogP contribution in [-0.2, 0) is 11.2 Å². The zero-order valence-corrected chi connectivity index (χ0v) is 16.0. The van der Waals surface area contributed by atoms with Crippen molar-refractivity contribution in [2.45, 2.75) is 46.1 Å². The minimum atomic E-state index is -0.238. The number of ether oxygens (including phenoxy) is 1. The van der Waals surface area contributed by atoms with Gasteiger partial charge in [-0.3, -0.25) is 9.59 Å². The number of carbonyl (C=O) groups excluding carboxylic acids is 2. The van der Waals surface area contributed by atoms with Gasteiger partial charge in [-0.2, -0.15) is 0 Å².